The zero-order valence-corrected chi connectivity index (χ0v) is 16.4. The van der Waals surface area contributed by atoms with Gasteiger partial charge in [0.05, 0.1) is 11.9 Å². The smallest absolute Gasteiger partial charge is 0.276 e. The predicted octanol–water partition coefficient (Wildman–Crippen LogP) is 4.88. The van der Waals surface area contributed by atoms with Gasteiger partial charge in [0, 0.05) is 35.9 Å². The number of amides is 1. The molecule has 5 heteroatoms. The summed E-state index contributed by atoms with van der Waals surface area (Å²) >= 11 is 0. The first-order chi connectivity index (χ1) is 14.3. The molecule has 1 amide bonds. The number of nitrogens with one attached hydrogen (secondary N) is 2. The van der Waals surface area contributed by atoms with Crippen molar-refractivity contribution in [2.75, 3.05) is 23.3 Å². The van der Waals surface area contributed by atoms with Crippen molar-refractivity contribution in [1.29, 1.82) is 0 Å². The van der Waals surface area contributed by atoms with E-state index < -0.39 is 0 Å². The van der Waals surface area contributed by atoms with Crippen LogP contribution in [-0.2, 0) is 6.42 Å². The maximum absolute atomic E-state index is 12.8. The first-order valence-corrected chi connectivity index (χ1v) is 9.88. The average Bonchev–Trinajstić information content (AvgIpc) is 3.19. The second kappa shape index (κ2) is 8.61. The lowest BCUT2D eigenvalue weighted by Gasteiger charge is -2.20. The van der Waals surface area contributed by atoms with E-state index >= 15 is 0 Å². The lowest BCUT2D eigenvalue weighted by atomic mass is 10.1. The highest BCUT2D eigenvalue weighted by Gasteiger charge is 2.17. The second-order valence-electron chi connectivity index (χ2n) is 6.85. The number of hydrogen-bond donors (Lipinski definition) is 2. The SMILES string of the molecule is CCN(C(=O)c1ccc(NCCc2c[nH]c3ccccc23)cn1)c1ccccc1. The zero-order chi connectivity index (χ0) is 20.1. The Hall–Kier alpha value is -3.60. The van der Waals surface area contributed by atoms with E-state index in [1.807, 2.05) is 49.4 Å². The van der Waals surface area contributed by atoms with Gasteiger partial charge in [-0.2, -0.15) is 0 Å². The highest BCUT2D eigenvalue weighted by molar-refractivity contribution is 6.04. The minimum Gasteiger partial charge on any atom is -0.383 e. The van der Waals surface area contributed by atoms with Gasteiger partial charge in [0.2, 0.25) is 0 Å². The monoisotopic (exact) mass is 384 g/mol. The number of carbonyl (C=O) groups is 1. The summed E-state index contributed by atoms with van der Waals surface area (Å²) < 4.78 is 0. The fraction of sp³-hybridized carbons (Fsp3) is 0.167. The van der Waals surface area contributed by atoms with E-state index in [9.17, 15) is 4.79 Å². The molecule has 4 aromatic rings. The number of fused-ring (bicyclic) bond motifs is 1. The van der Waals surface area contributed by atoms with E-state index in [1.165, 1.54) is 10.9 Å². The molecule has 5 nitrogen and oxygen atoms in total. The van der Waals surface area contributed by atoms with Gasteiger partial charge in [-0.3, -0.25) is 4.79 Å². The molecule has 2 aromatic heterocycles. The van der Waals surface area contributed by atoms with Crippen LogP contribution in [0.3, 0.4) is 0 Å². The molecule has 0 saturated carbocycles. The highest BCUT2D eigenvalue weighted by atomic mass is 16.2. The summed E-state index contributed by atoms with van der Waals surface area (Å²) in [6.45, 7) is 3.35. The van der Waals surface area contributed by atoms with Crippen molar-refractivity contribution in [1.82, 2.24) is 9.97 Å². The maximum Gasteiger partial charge on any atom is 0.276 e. The van der Waals surface area contributed by atoms with Gasteiger partial charge < -0.3 is 15.2 Å². The molecule has 0 aliphatic heterocycles. The van der Waals surface area contributed by atoms with Crippen molar-refractivity contribution in [2.24, 2.45) is 0 Å². The Balaban J connectivity index is 1.38. The van der Waals surface area contributed by atoms with Crippen molar-refractivity contribution in [3.63, 3.8) is 0 Å². The van der Waals surface area contributed by atoms with Crippen LogP contribution in [0.1, 0.15) is 23.0 Å². The zero-order valence-electron chi connectivity index (χ0n) is 16.4. The number of para-hydroxylation sites is 2. The number of pyridine rings is 1. The van der Waals surface area contributed by atoms with Crippen LogP contribution < -0.4 is 10.2 Å². The summed E-state index contributed by atoms with van der Waals surface area (Å²) in [7, 11) is 0. The van der Waals surface area contributed by atoms with E-state index in [2.05, 4.69) is 39.7 Å². The summed E-state index contributed by atoms with van der Waals surface area (Å²) in [4.78, 5) is 22.2. The Morgan fingerprint density at radius 3 is 2.59 bits per heavy atom. The second-order valence-corrected chi connectivity index (χ2v) is 6.85. The Morgan fingerprint density at radius 1 is 1.03 bits per heavy atom. The van der Waals surface area contributed by atoms with Crippen LogP contribution in [0.25, 0.3) is 10.9 Å². The number of anilines is 2. The number of hydrogen-bond acceptors (Lipinski definition) is 3. The first kappa shape index (κ1) is 18.7. The molecule has 0 saturated heterocycles. The van der Waals surface area contributed by atoms with E-state index in [0.717, 1.165) is 29.9 Å². The molecule has 29 heavy (non-hydrogen) atoms. The van der Waals surface area contributed by atoms with E-state index in [4.69, 9.17) is 0 Å². The summed E-state index contributed by atoms with van der Waals surface area (Å²) in [5.41, 5.74) is 4.67. The third kappa shape index (κ3) is 4.14. The molecule has 0 bridgehead atoms. The number of H-pyrrole nitrogens is 1. The lowest BCUT2D eigenvalue weighted by Crippen LogP contribution is -2.31. The van der Waals surface area contributed by atoms with Gasteiger partial charge in [-0.05, 0) is 49.2 Å². The fourth-order valence-electron chi connectivity index (χ4n) is 3.49. The molecule has 2 heterocycles. The summed E-state index contributed by atoms with van der Waals surface area (Å²) in [6.07, 6.45) is 4.69. The highest BCUT2D eigenvalue weighted by Crippen LogP contribution is 2.19. The summed E-state index contributed by atoms with van der Waals surface area (Å²) in [5.74, 6) is -0.0935. The number of carbonyl (C=O) groups excluding carboxylic acids is 1. The maximum atomic E-state index is 12.8. The van der Waals surface area contributed by atoms with Crippen LogP contribution in [0.4, 0.5) is 11.4 Å². The molecule has 0 unspecified atom stereocenters. The molecule has 0 spiro atoms. The largest absolute Gasteiger partial charge is 0.383 e. The standard InChI is InChI=1S/C24H24N4O/c1-2-28(20-8-4-3-5-9-20)24(29)23-13-12-19(17-27-23)25-15-14-18-16-26-22-11-7-6-10-21(18)22/h3-13,16-17,25-26H,2,14-15H2,1H3. The van der Waals surface area contributed by atoms with Crippen molar-refractivity contribution in [3.8, 4) is 0 Å². The third-order valence-corrected chi connectivity index (χ3v) is 5.01. The van der Waals surface area contributed by atoms with Crippen LogP contribution in [0.15, 0.2) is 79.1 Å². The molecular weight excluding hydrogens is 360 g/mol. The first-order valence-electron chi connectivity index (χ1n) is 9.88. The fourth-order valence-corrected chi connectivity index (χ4v) is 3.49. The number of aromatic amines is 1. The summed E-state index contributed by atoms with van der Waals surface area (Å²) in [6, 6.07) is 21.7. The molecule has 0 atom stereocenters. The average molecular weight is 384 g/mol. The van der Waals surface area contributed by atoms with Crippen LogP contribution in [-0.4, -0.2) is 29.0 Å². The van der Waals surface area contributed by atoms with Crippen LogP contribution in [0.5, 0.6) is 0 Å². The van der Waals surface area contributed by atoms with Gasteiger partial charge in [0.25, 0.3) is 5.91 Å². The minimum absolute atomic E-state index is 0.0935. The van der Waals surface area contributed by atoms with Gasteiger partial charge in [-0.1, -0.05) is 36.4 Å². The van der Waals surface area contributed by atoms with Crippen LogP contribution in [0.2, 0.25) is 0 Å². The van der Waals surface area contributed by atoms with Crippen molar-refractivity contribution in [2.45, 2.75) is 13.3 Å². The number of nitrogens with zero attached hydrogens (tertiary/aromatic N) is 2. The van der Waals surface area contributed by atoms with Crippen molar-refractivity contribution >= 4 is 28.2 Å². The number of benzene rings is 2. The van der Waals surface area contributed by atoms with Crippen LogP contribution in [0, 0.1) is 0 Å². The van der Waals surface area contributed by atoms with E-state index in [0.29, 0.717) is 12.2 Å². The van der Waals surface area contributed by atoms with Gasteiger partial charge in [-0.15, -0.1) is 0 Å². The summed E-state index contributed by atoms with van der Waals surface area (Å²) in [5, 5.41) is 4.65. The van der Waals surface area contributed by atoms with Crippen LogP contribution >= 0.6 is 0 Å². The topological polar surface area (TPSA) is 61.0 Å². The molecule has 2 N–H and O–H groups in total. The minimum atomic E-state index is -0.0935. The quantitative estimate of drug-likeness (QED) is 0.477. The molecule has 2 aromatic carbocycles. The third-order valence-electron chi connectivity index (χ3n) is 5.01. The Bertz CT molecular complexity index is 1090. The number of aromatic nitrogens is 2. The molecular formula is C24H24N4O. The van der Waals surface area contributed by atoms with E-state index in [1.54, 1.807) is 17.2 Å². The Morgan fingerprint density at radius 2 is 1.83 bits per heavy atom. The van der Waals surface area contributed by atoms with Crippen molar-refractivity contribution < 1.29 is 4.79 Å². The molecule has 0 aliphatic carbocycles. The Labute approximate surface area is 170 Å². The van der Waals surface area contributed by atoms with Gasteiger partial charge >= 0.3 is 0 Å². The lowest BCUT2D eigenvalue weighted by molar-refractivity contribution is 0.0983. The predicted molar refractivity (Wildman–Crippen MR) is 119 cm³/mol. The molecule has 0 radical (unpaired) electrons. The van der Waals surface area contributed by atoms with Crippen molar-refractivity contribution in [3.05, 3.63) is 90.4 Å². The molecule has 4 rings (SSSR count). The van der Waals surface area contributed by atoms with Gasteiger partial charge in [-0.25, -0.2) is 4.98 Å². The van der Waals surface area contributed by atoms with Gasteiger partial charge in [0.1, 0.15) is 5.69 Å². The Kier molecular flexibility index (Phi) is 5.56. The normalized spacial score (nSPS) is 10.8. The number of rotatable bonds is 7. The molecule has 146 valence electrons. The van der Waals surface area contributed by atoms with E-state index in [-0.39, 0.29) is 5.91 Å². The van der Waals surface area contributed by atoms with Gasteiger partial charge in [0.15, 0.2) is 0 Å². The molecule has 0 aliphatic rings. The molecule has 0 fully saturated rings.